The Balaban J connectivity index is 1.57. The van der Waals surface area contributed by atoms with E-state index in [1.165, 1.54) is 7.11 Å². The number of Topliss-reactive ketones (excluding diaryl/α,β-unsaturated/α-hetero) is 2. The summed E-state index contributed by atoms with van der Waals surface area (Å²) in [6.45, 7) is 15.7. The Labute approximate surface area is 229 Å². The first-order chi connectivity index (χ1) is 17.6. The summed E-state index contributed by atoms with van der Waals surface area (Å²) in [6.07, 6.45) is 8.98. The van der Waals surface area contributed by atoms with Crippen LogP contribution in [0.5, 0.6) is 0 Å². The monoisotopic (exact) mass is 521 g/mol. The minimum absolute atomic E-state index is 0.0000199. The van der Waals surface area contributed by atoms with Gasteiger partial charge in [-0.25, -0.2) is 0 Å². The van der Waals surface area contributed by atoms with Crippen molar-refractivity contribution >= 4 is 17.5 Å². The van der Waals surface area contributed by atoms with Gasteiger partial charge in [-0.05, 0) is 89.8 Å². The van der Waals surface area contributed by atoms with Crippen LogP contribution < -0.4 is 0 Å². The number of nitrogens with zero attached hydrogens (tertiary/aromatic N) is 1. The Morgan fingerprint density at radius 1 is 0.974 bits per heavy atom. The molecule has 0 spiro atoms. The summed E-state index contributed by atoms with van der Waals surface area (Å²) >= 11 is 0. The van der Waals surface area contributed by atoms with Crippen molar-refractivity contribution in [1.29, 1.82) is 5.26 Å². The number of methoxy groups -OCH3 is 1. The van der Waals surface area contributed by atoms with Crippen LogP contribution in [0.2, 0.25) is 0 Å². The zero-order chi connectivity index (χ0) is 28.1. The number of hydrogen-bond acceptors (Lipinski definition) is 5. The van der Waals surface area contributed by atoms with Crippen molar-refractivity contribution in [2.45, 2.75) is 99.8 Å². The lowest BCUT2D eigenvalue weighted by Crippen LogP contribution is -2.67. The summed E-state index contributed by atoms with van der Waals surface area (Å²) < 4.78 is 5.08. The molecule has 5 rings (SSSR count). The summed E-state index contributed by atoms with van der Waals surface area (Å²) in [5.41, 5.74) is -0.816. The third-order valence-electron chi connectivity index (χ3n) is 13.1. The molecule has 5 aliphatic rings. The largest absolute Gasteiger partial charge is 0.469 e. The summed E-state index contributed by atoms with van der Waals surface area (Å²) in [6, 6.07) is 2.21. The van der Waals surface area contributed by atoms with Gasteiger partial charge in [0.2, 0.25) is 0 Å². The zero-order valence-corrected chi connectivity index (χ0v) is 24.8. The van der Waals surface area contributed by atoms with Crippen LogP contribution in [-0.2, 0) is 19.1 Å². The lowest BCUT2D eigenvalue weighted by Gasteiger charge is -2.71. The lowest BCUT2D eigenvalue weighted by molar-refractivity contribution is -0.214. The highest BCUT2D eigenvalue weighted by Crippen LogP contribution is 2.74. The van der Waals surface area contributed by atoms with E-state index in [4.69, 9.17) is 4.74 Å². The maximum absolute atomic E-state index is 14.4. The molecule has 0 unspecified atom stereocenters. The fourth-order valence-corrected chi connectivity index (χ4v) is 11.4. The van der Waals surface area contributed by atoms with Gasteiger partial charge in [0.1, 0.15) is 11.9 Å². The first kappa shape index (κ1) is 27.6. The van der Waals surface area contributed by atoms with Gasteiger partial charge < -0.3 is 4.74 Å². The highest BCUT2D eigenvalue weighted by molar-refractivity contribution is 6.04. The molecule has 0 amide bonds. The van der Waals surface area contributed by atoms with E-state index in [1.54, 1.807) is 0 Å². The Kier molecular flexibility index (Phi) is 6.19. The van der Waals surface area contributed by atoms with E-state index in [0.29, 0.717) is 24.5 Å². The number of rotatable bonds is 2. The van der Waals surface area contributed by atoms with Crippen LogP contribution in [-0.4, -0.2) is 24.6 Å². The van der Waals surface area contributed by atoms with Crippen molar-refractivity contribution in [3.05, 3.63) is 11.6 Å². The average molecular weight is 522 g/mol. The van der Waals surface area contributed by atoms with Crippen LogP contribution in [0.15, 0.2) is 11.6 Å². The Bertz CT molecular complexity index is 1140. The molecule has 0 radical (unpaired) electrons. The third kappa shape index (κ3) is 3.57. The van der Waals surface area contributed by atoms with Crippen molar-refractivity contribution in [2.75, 3.05) is 7.11 Å². The second-order valence-electron chi connectivity index (χ2n) is 15.7. The van der Waals surface area contributed by atoms with Gasteiger partial charge in [0, 0.05) is 24.2 Å². The molecule has 9 atom stereocenters. The van der Waals surface area contributed by atoms with Crippen molar-refractivity contribution in [1.82, 2.24) is 0 Å². The van der Waals surface area contributed by atoms with Crippen LogP contribution in [0.3, 0.4) is 0 Å². The van der Waals surface area contributed by atoms with Gasteiger partial charge in [-0.3, -0.25) is 14.4 Å². The van der Waals surface area contributed by atoms with Crippen LogP contribution in [0.1, 0.15) is 99.8 Å². The van der Waals surface area contributed by atoms with E-state index in [0.717, 1.165) is 38.5 Å². The molecule has 0 aromatic carbocycles. The molecule has 0 aromatic rings. The molecule has 0 saturated heterocycles. The lowest BCUT2D eigenvalue weighted by atomic mass is 9.32. The molecule has 5 nitrogen and oxygen atoms in total. The number of ketones is 2. The minimum Gasteiger partial charge on any atom is -0.469 e. The first-order valence-corrected chi connectivity index (χ1v) is 14.8. The number of esters is 1. The van der Waals surface area contributed by atoms with E-state index in [2.05, 4.69) is 40.7 Å². The topological polar surface area (TPSA) is 84.2 Å². The van der Waals surface area contributed by atoms with Gasteiger partial charge in [-0.2, -0.15) is 5.26 Å². The Hall–Kier alpha value is -1.96. The SMILES string of the molecule is COC(=O)C[C@@H]1CC(C)(C)C[C@H]2[C@@H]1CC[C@]1(C)[C@@H]2C(=O)C[C@@H]2[C@@]3(C)C=C(C#N)C(=O)C(C)(C)[C@@H]3CC[C@]21C. The smallest absolute Gasteiger partial charge is 0.305 e. The molecule has 0 heterocycles. The van der Waals surface area contributed by atoms with Gasteiger partial charge in [0.05, 0.1) is 12.7 Å². The molecular formula is C33H47NO4. The van der Waals surface area contributed by atoms with Crippen LogP contribution in [0, 0.1) is 73.9 Å². The maximum atomic E-state index is 14.4. The number of allylic oxidation sites excluding steroid dienone is 2. The molecule has 0 aromatic heterocycles. The maximum Gasteiger partial charge on any atom is 0.305 e. The van der Waals surface area contributed by atoms with Crippen molar-refractivity contribution in [2.24, 2.45) is 62.6 Å². The van der Waals surface area contributed by atoms with E-state index in [-0.39, 0.29) is 68.6 Å². The molecule has 0 N–H and O–H groups in total. The molecular weight excluding hydrogens is 474 g/mol. The minimum atomic E-state index is -0.608. The van der Waals surface area contributed by atoms with E-state index in [9.17, 15) is 19.6 Å². The summed E-state index contributed by atoms with van der Waals surface area (Å²) in [4.78, 5) is 40.0. The quantitative estimate of drug-likeness (QED) is 0.377. The number of carbonyl (C=O) groups excluding carboxylic acids is 3. The fourth-order valence-electron chi connectivity index (χ4n) is 11.4. The predicted molar refractivity (Wildman–Crippen MR) is 145 cm³/mol. The van der Waals surface area contributed by atoms with Gasteiger partial charge in [-0.1, -0.05) is 54.5 Å². The Morgan fingerprint density at radius 3 is 2.26 bits per heavy atom. The molecule has 5 aliphatic carbocycles. The number of carbonyl (C=O) groups is 3. The van der Waals surface area contributed by atoms with Crippen LogP contribution in [0.4, 0.5) is 0 Å². The van der Waals surface area contributed by atoms with E-state index in [1.807, 2.05) is 19.9 Å². The second-order valence-corrected chi connectivity index (χ2v) is 15.7. The van der Waals surface area contributed by atoms with Crippen molar-refractivity contribution in [3.8, 4) is 6.07 Å². The fraction of sp³-hybridized carbons (Fsp3) is 0.818. The molecule has 208 valence electrons. The summed E-state index contributed by atoms with van der Waals surface area (Å²) in [7, 11) is 1.47. The van der Waals surface area contributed by atoms with E-state index < -0.39 is 5.41 Å². The molecule has 0 aliphatic heterocycles. The molecule has 0 bridgehead atoms. The second kappa shape index (κ2) is 8.52. The van der Waals surface area contributed by atoms with Crippen molar-refractivity contribution < 1.29 is 19.1 Å². The highest BCUT2D eigenvalue weighted by Gasteiger charge is 2.71. The number of ether oxygens (including phenoxy) is 1. The molecule has 4 saturated carbocycles. The number of nitriles is 1. The summed E-state index contributed by atoms with van der Waals surface area (Å²) in [5.74, 6) is 1.37. The van der Waals surface area contributed by atoms with Gasteiger partial charge in [-0.15, -0.1) is 0 Å². The van der Waals surface area contributed by atoms with Gasteiger partial charge >= 0.3 is 5.97 Å². The first-order valence-electron chi connectivity index (χ1n) is 14.8. The summed E-state index contributed by atoms with van der Waals surface area (Å²) in [5, 5.41) is 9.89. The van der Waals surface area contributed by atoms with Crippen molar-refractivity contribution in [3.63, 3.8) is 0 Å². The molecule has 5 heteroatoms. The molecule has 38 heavy (non-hydrogen) atoms. The third-order valence-corrected chi connectivity index (χ3v) is 13.1. The van der Waals surface area contributed by atoms with E-state index >= 15 is 0 Å². The van der Waals surface area contributed by atoms with Gasteiger partial charge in [0.15, 0.2) is 5.78 Å². The molecule has 4 fully saturated rings. The standard InChI is InChI=1S/C33H47NO4/c1-29(2)15-19(13-26(36)38-8)21-9-11-33(7)27(22(21)17-29)23(35)14-25-31(5)16-20(18-34)28(37)30(3,4)24(31)10-12-32(25,33)6/h16,19,21-22,24-25,27H,9-15,17H2,1-8H3/t19-,21-,22+,24+,25-,27+,31+,32-,33-/m1/s1. The van der Waals surface area contributed by atoms with Gasteiger partial charge in [0.25, 0.3) is 0 Å². The Morgan fingerprint density at radius 2 is 1.63 bits per heavy atom. The predicted octanol–water partition coefficient (Wildman–Crippen LogP) is 6.70. The van der Waals surface area contributed by atoms with Crippen LogP contribution in [0.25, 0.3) is 0 Å². The normalized spacial score (nSPS) is 46.9. The average Bonchev–Trinajstić information content (AvgIpc) is 2.82. The number of hydrogen-bond donors (Lipinski definition) is 0. The zero-order valence-electron chi connectivity index (χ0n) is 24.8. The number of fused-ring (bicyclic) bond motifs is 7. The highest BCUT2D eigenvalue weighted by atomic mass is 16.5. The van der Waals surface area contributed by atoms with Crippen LogP contribution >= 0.6 is 0 Å².